The fourth-order valence-corrected chi connectivity index (χ4v) is 4.62. The van der Waals surface area contributed by atoms with Gasteiger partial charge in [0.15, 0.2) is 12.4 Å². The van der Waals surface area contributed by atoms with Gasteiger partial charge in [0, 0.05) is 0 Å². The van der Waals surface area contributed by atoms with Gasteiger partial charge in [-0.25, -0.2) is 0 Å². The summed E-state index contributed by atoms with van der Waals surface area (Å²) in [5.41, 5.74) is 0.610. The number of aliphatic hydroxyl groups excluding tert-OH is 7. The Labute approximate surface area is 223 Å². The third-order valence-corrected chi connectivity index (χ3v) is 7.12. The Balaban J connectivity index is 1.53. The number of carbonyl (C=O) groups is 1. The maximum absolute atomic E-state index is 13.2. The van der Waals surface area contributed by atoms with E-state index in [4.69, 9.17) is 23.7 Å². The van der Waals surface area contributed by atoms with Gasteiger partial charge in [-0.05, 0) is 35.4 Å². The maximum Gasteiger partial charge on any atom is 0.315 e. The number of benzene rings is 2. The molecule has 0 saturated carbocycles. The van der Waals surface area contributed by atoms with Gasteiger partial charge in [0.2, 0.25) is 6.29 Å². The van der Waals surface area contributed by atoms with Crippen LogP contribution in [0, 0.1) is 0 Å². The Kier molecular flexibility index (Phi) is 9.39. The zero-order valence-electron chi connectivity index (χ0n) is 21.3. The zero-order chi connectivity index (χ0) is 28.4. The van der Waals surface area contributed by atoms with Gasteiger partial charge in [0.05, 0.1) is 26.2 Å². The highest BCUT2D eigenvalue weighted by Gasteiger charge is 2.51. The van der Waals surface area contributed by atoms with E-state index in [0.717, 1.165) is 10.8 Å². The molecule has 2 aliphatic rings. The van der Waals surface area contributed by atoms with Crippen LogP contribution in [0.25, 0.3) is 10.8 Å². The molecule has 0 spiro atoms. The first kappa shape index (κ1) is 29.6. The molecule has 2 saturated heterocycles. The molecule has 0 radical (unpaired) electrons. The van der Waals surface area contributed by atoms with Gasteiger partial charge >= 0.3 is 5.97 Å². The minimum Gasteiger partial charge on any atom is -0.497 e. The summed E-state index contributed by atoms with van der Waals surface area (Å²) in [7, 11) is 1.56. The average Bonchev–Trinajstić information content (AvgIpc) is 2.95. The molecule has 2 heterocycles. The van der Waals surface area contributed by atoms with E-state index in [1.165, 1.54) is 0 Å². The lowest BCUT2D eigenvalue weighted by atomic mass is 9.96. The number of carbonyl (C=O) groups excluding carboxylic acids is 1. The van der Waals surface area contributed by atoms with Crippen LogP contribution in [0.4, 0.5) is 0 Å². The summed E-state index contributed by atoms with van der Waals surface area (Å²) >= 11 is 0. The molecule has 0 bridgehead atoms. The summed E-state index contributed by atoms with van der Waals surface area (Å²) in [6.07, 6.45) is -16.4. The van der Waals surface area contributed by atoms with Crippen LogP contribution in [0.5, 0.6) is 5.75 Å². The molecular formula is C26H34O13. The van der Waals surface area contributed by atoms with Gasteiger partial charge in [-0.1, -0.05) is 24.3 Å². The summed E-state index contributed by atoms with van der Waals surface area (Å²) < 4.78 is 27.2. The molecule has 216 valence electrons. The molecule has 0 aromatic heterocycles. The van der Waals surface area contributed by atoms with Crippen LogP contribution in [0.2, 0.25) is 0 Å². The number of methoxy groups -OCH3 is 1. The van der Waals surface area contributed by atoms with E-state index in [1.54, 1.807) is 32.2 Å². The Bertz CT molecular complexity index is 1130. The SMILES string of the molecule is COc1ccc2cc(C(C)C(=O)OC3OC(CO)C(O)C(O)C3OC3OC(CO)C(O)C(O)C3O)ccc2c1. The molecule has 0 amide bonds. The molecule has 2 aromatic carbocycles. The van der Waals surface area contributed by atoms with Crippen molar-refractivity contribution in [2.45, 2.75) is 74.3 Å². The second-order valence-electron chi connectivity index (χ2n) is 9.64. The summed E-state index contributed by atoms with van der Waals surface area (Å²) in [5.74, 6) is -0.915. The van der Waals surface area contributed by atoms with Gasteiger partial charge in [-0.2, -0.15) is 0 Å². The van der Waals surface area contributed by atoms with E-state index in [0.29, 0.717) is 11.3 Å². The second-order valence-corrected chi connectivity index (χ2v) is 9.64. The van der Waals surface area contributed by atoms with Gasteiger partial charge in [0.1, 0.15) is 48.5 Å². The van der Waals surface area contributed by atoms with E-state index in [-0.39, 0.29) is 0 Å². The molecule has 13 heteroatoms. The molecule has 11 atom stereocenters. The number of esters is 1. The Hall–Kier alpha value is -2.43. The van der Waals surface area contributed by atoms with Crippen molar-refractivity contribution in [2.75, 3.05) is 20.3 Å². The van der Waals surface area contributed by atoms with Crippen molar-refractivity contribution in [1.29, 1.82) is 0 Å². The number of hydrogen-bond donors (Lipinski definition) is 7. The lowest BCUT2D eigenvalue weighted by molar-refractivity contribution is -0.362. The summed E-state index contributed by atoms with van der Waals surface area (Å²) in [4.78, 5) is 13.2. The molecule has 0 aliphatic carbocycles. The third-order valence-electron chi connectivity index (χ3n) is 7.12. The predicted octanol–water partition coefficient (Wildman–Crippen LogP) is -1.88. The van der Waals surface area contributed by atoms with Crippen LogP contribution in [0.1, 0.15) is 18.4 Å². The largest absolute Gasteiger partial charge is 0.497 e. The van der Waals surface area contributed by atoms with Gasteiger partial charge < -0.3 is 59.4 Å². The summed E-state index contributed by atoms with van der Waals surface area (Å²) in [6, 6.07) is 10.8. The smallest absolute Gasteiger partial charge is 0.315 e. The minimum atomic E-state index is -1.82. The van der Waals surface area contributed by atoms with Gasteiger partial charge in [0.25, 0.3) is 0 Å². The minimum absolute atomic E-state index is 0.610. The molecule has 2 aromatic rings. The molecule has 2 fully saturated rings. The topological polar surface area (TPSA) is 205 Å². The van der Waals surface area contributed by atoms with Crippen LogP contribution >= 0.6 is 0 Å². The van der Waals surface area contributed by atoms with E-state index >= 15 is 0 Å². The molecule has 11 unspecified atom stereocenters. The Morgan fingerprint density at radius 2 is 1.41 bits per heavy atom. The highest BCUT2D eigenvalue weighted by atomic mass is 16.8. The van der Waals surface area contributed by atoms with E-state index < -0.39 is 86.5 Å². The number of aliphatic hydroxyl groups is 7. The summed E-state index contributed by atoms with van der Waals surface area (Å²) in [6.45, 7) is 0.152. The van der Waals surface area contributed by atoms with Gasteiger partial charge in [-0.15, -0.1) is 0 Å². The number of hydrogen-bond acceptors (Lipinski definition) is 13. The van der Waals surface area contributed by atoms with Gasteiger partial charge in [-0.3, -0.25) is 4.79 Å². The van der Waals surface area contributed by atoms with Crippen molar-refractivity contribution in [3.05, 3.63) is 42.0 Å². The van der Waals surface area contributed by atoms with E-state index in [9.17, 15) is 40.5 Å². The van der Waals surface area contributed by atoms with Crippen molar-refractivity contribution in [3.8, 4) is 5.75 Å². The number of fused-ring (bicyclic) bond motifs is 1. The maximum atomic E-state index is 13.2. The molecule has 4 rings (SSSR count). The van der Waals surface area contributed by atoms with Crippen LogP contribution in [0.3, 0.4) is 0 Å². The first-order valence-electron chi connectivity index (χ1n) is 12.5. The van der Waals surface area contributed by atoms with Crippen LogP contribution in [-0.2, 0) is 23.7 Å². The lowest BCUT2D eigenvalue weighted by Crippen LogP contribution is -2.64. The quantitative estimate of drug-likeness (QED) is 0.179. The van der Waals surface area contributed by atoms with Crippen molar-refractivity contribution in [1.82, 2.24) is 0 Å². The third kappa shape index (κ3) is 6.02. The molecular weight excluding hydrogens is 520 g/mol. The number of ether oxygens (including phenoxy) is 5. The predicted molar refractivity (Wildman–Crippen MR) is 131 cm³/mol. The molecule has 2 aliphatic heterocycles. The lowest BCUT2D eigenvalue weighted by Gasteiger charge is -2.45. The Morgan fingerprint density at radius 3 is 2.05 bits per heavy atom. The standard InChI is InChI=1S/C26H34O13/c1-11(12-3-4-14-8-15(35-2)6-5-13(14)7-12)24(34)39-26-23(21(32)19(30)17(10-28)37-26)38-25-22(33)20(31)18(29)16(9-27)36-25/h3-8,11,16-23,25-33H,9-10H2,1-2H3. The highest BCUT2D eigenvalue weighted by molar-refractivity contribution is 5.86. The average molecular weight is 555 g/mol. The zero-order valence-corrected chi connectivity index (χ0v) is 21.3. The van der Waals surface area contributed by atoms with Crippen LogP contribution < -0.4 is 4.74 Å². The number of rotatable bonds is 8. The molecule has 39 heavy (non-hydrogen) atoms. The fourth-order valence-electron chi connectivity index (χ4n) is 4.62. The molecule has 7 N–H and O–H groups in total. The highest BCUT2D eigenvalue weighted by Crippen LogP contribution is 2.31. The van der Waals surface area contributed by atoms with Crippen LogP contribution in [-0.4, -0.2) is 123 Å². The van der Waals surface area contributed by atoms with Crippen LogP contribution in [0.15, 0.2) is 36.4 Å². The monoisotopic (exact) mass is 554 g/mol. The first-order chi connectivity index (χ1) is 18.6. The second kappa shape index (κ2) is 12.4. The summed E-state index contributed by atoms with van der Waals surface area (Å²) in [5, 5.41) is 72.3. The van der Waals surface area contributed by atoms with E-state index in [2.05, 4.69) is 0 Å². The van der Waals surface area contributed by atoms with Crippen molar-refractivity contribution < 1.29 is 64.2 Å². The normalized spacial score (nSPS) is 35.9. The molecule has 13 nitrogen and oxygen atoms in total. The van der Waals surface area contributed by atoms with Crippen molar-refractivity contribution in [3.63, 3.8) is 0 Å². The van der Waals surface area contributed by atoms with E-state index in [1.807, 2.05) is 18.2 Å². The first-order valence-corrected chi connectivity index (χ1v) is 12.5. The fraction of sp³-hybridized carbons (Fsp3) is 0.577. The Morgan fingerprint density at radius 1 is 0.821 bits per heavy atom. The van der Waals surface area contributed by atoms with Crippen molar-refractivity contribution >= 4 is 16.7 Å². The van der Waals surface area contributed by atoms with Crippen molar-refractivity contribution in [2.24, 2.45) is 0 Å².